The average Bonchev–Trinajstić information content (AvgIpc) is 3.20. The lowest BCUT2D eigenvalue weighted by atomic mass is 10.2. The molecule has 2 aromatic rings. The van der Waals surface area contributed by atoms with Crippen molar-refractivity contribution in [3.63, 3.8) is 0 Å². The minimum Gasteiger partial charge on any atom is -0.468 e. The number of benzene rings is 1. The Kier molecular flexibility index (Phi) is 5.64. The van der Waals surface area contributed by atoms with Crippen LogP contribution >= 0.6 is 11.3 Å². The Hall–Kier alpha value is -2.18. The quantitative estimate of drug-likeness (QED) is 0.671. The van der Waals surface area contributed by atoms with Gasteiger partial charge in [0.2, 0.25) is 10.0 Å². The predicted octanol–water partition coefficient (Wildman–Crippen LogP) is 1.01. The van der Waals surface area contributed by atoms with Crippen molar-refractivity contribution in [2.75, 3.05) is 19.9 Å². The Morgan fingerprint density at radius 3 is 2.71 bits per heavy atom. The van der Waals surface area contributed by atoms with Gasteiger partial charge >= 0.3 is 5.97 Å². The standard InChI is InChI=1S/C16H17F2N3O5S2/c1-26-13(22)8-20-14-10(18)6-9(17)7-12(14)27-16(20)19-15(23)11-4-3-5-21(11)28(2,24)25/h6-7,11H,3-5,8H2,1-2H3. The van der Waals surface area contributed by atoms with Gasteiger partial charge in [-0.15, -0.1) is 0 Å². The molecule has 1 aliphatic heterocycles. The van der Waals surface area contributed by atoms with Gasteiger partial charge < -0.3 is 9.30 Å². The van der Waals surface area contributed by atoms with Gasteiger partial charge in [0.25, 0.3) is 5.91 Å². The van der Waals surface area contributed by atoms with E-state index in [-0.39, 0.29) is 21.6 Å². The second-order valence-electron chi connectivity index (χ2n) is 6.26. The Morgan fingerprint density at radius 1 is 1.36 bits per heavy atom. The molecule has 28 heavy (non-hydrogen) atoms. The largest absolute Gasteiger partial charge is 0.468 e. The van der Waals surface area contributed by atoms with Crippen LogP contribution in [0, 0.1) is 11.6 Å². The lowest BCUT2D eigenvalue weighted by Crippen LogP contribution is -2.40. The van der Waals surface area contributed by atoms with E-state index in [1.54, 1.807) is 0 Å². The summed E-state index contributed by atoms with van der Waals surface area (Å²) >= 11 is 0.820. The first-order valence-corrected chi connectivity index (χ1v) is 10.9. The van der Waals surface area contributed by atoms with Gasteiger partial charge in [0, 0.05) is 12.6 Å². The number of ether oxygens (including phenoxy) is 1. The number of amides is 1. The molecule has 1 amide bonds. The number of sulfonamides is 1. The maximum absolute atomic E-state index is 14.3. The molecule has 1 atom stereocenters. The maximum atomic E-state index is 14.3. The van der Waals surface area contributed by atoms with Crippen LogP contribution in [0.3, 0.4) is 0 Å². The molecule has 1 unspecified atom stereocenters. The summed E-state index contributed by atoms with van der Waals surface area (Å²) < 4.78 is 58.5. The van der Waals surface area contributed by atoms with Crippen LogP contribution in [-0.4, -0.2) is 55.1 Å². The normalized spacial score (nSPS) is 18.7. The number of halogens is 2. The second kappa shape index (κ2) is 7.68. The highest BCUT2D eigenvalue weighted by Crippen LogP contribution is 2.24. The first-order chi connectivity index (χ1) is 13.1. The highest BCUT2D eigenvalue weighted by molar-refractivity contribution is 7.88. The third-order valence-electron chi connectivity index (χ3n) is 4.33. The van der Waals surface area contributed by atoms with Crippen LogP contribution in [0.4, 0.5) is 8.78 Å². The topological polar surface area (TPSA) is 98.0 Å². The zero-order valence-corrected chi connectivity index (χ0v) is 16.6. The monoisotopic (exact) mass is 433 g/mol. The minimum absolute atomic E-state index is 0.0461. The first kappa shape index (κ1) is 20.6. The molecule has 1 aromatic heterocycles. The molecule has 0 N–H and O–H groups in total. The molecule has 12 heteroatoms. The molecule has 1 fully saturated rings. The lowest BCUT2D eigenvalue weighted by molar-refractivity contribution is -0.141. The van der Waals surface area contributed by atoms with E-state index < -0.39 is 46.1 Å². The van der Waals surface area contributed by atoms with Crippen molar-refractivity contribution >= 4 is 43.5 Å². The second-order valence-corrected chi connectivity index (χ2v) is 9.21. The molecule has 0 saturated carbocycles. The maximum Gasteiger partial charge on any atom is 0.325 e. The average molecular weight is 433 g/mol. The number of methoxy groups -OCH3 is 1. The van der Waals surface area contributed by atoms with E-state index in [1.807, 2.05) is 0 Å². The number of hydrogen-bond donors (Lipinski definition) is 0. The number of hydrogen-bond acceptors (Lipinski definition) is 6. The fourth-order valence-electron chi connectivity index (χ4n) is 3.11. The molecule has 1 saturated heterocycles. The summed E-state index contributed by atoms with van der Waals surface area (Å²) in [5.41, 5.74) is -0.0882. The van der Waals surface area contributed by atoms with Gasteiger partial charge in [0.1, 0.15) is 18.4 Å². The van der Waals surface area contributed by atoms with Crippen LogP contribution in [-0.2, 0) is 30.9 Å². The van der Waals surface area contributed by atoms with Crippen LogP contribution in [0.2, 0.25) is 0 Å². The summed E-state index contributed by atoms with van der Waals surface area (Å²) in [4.78, 5) is 28.3. The number of esters is 1. The van der Waals surface area contributed by atoms with Crippen LogP contribution in [0.15, 0.2) is 17.1 Å². The molecule has 152 valence electrons. The summed E-state index contributed by atoms with van der Waals surface area (Å²) in [5, 5.41) is 0. The molecular formula is C16H17F2N3O5S2. The molecule has 2 heterocycles. The van der Waals surface area contributed by atoms with Gasteiger partial charge in [-0.3, -0.25) is 9.59 Å². The zero-order valence-electron chi connectivity index (χ0n) is 15.0. The van der Waals surface area contributed by atoms with Gasteiger partial charge in [0.05, 0.1) is 23.6 Å². The van der Waals surface area contributed by atoms with E-state index in [2.05, 4.69) is 9.73 Å². The molecule has 1 aliphatic rings. The predicted molar refractivity (Wildman–Crippen MR) is 96.9 cm³/mol. The Bertz CT molecular complexity index is 1120. The van der Waals surface area contributed by atoms with Crippen molar-refractivity contribution in [3.05, 3.63) is 28.6 Å². The van der Waals surface area contributed by atoms with Gasteiger partial charge in [-0.1, -0.05) is 11.3 Å². The van der Waals surface area contributed by atoms with Crippen LogP contribution in [0.5, 0.6) is 0 Å². The molecule has 1 aromatic carbocycles. The number of aromatic nitrogens is 1. The van der Waals surface area contributed by atoms with Gasteiger partial charge in [0.15, 0.2) is 10.6 Å². The third kappa shape index (κ3) is 3.98. The van der Waals surface area contributed by atoms with Crippen molar-refractivity contribution in [3.8, 4) is 0 Å². The molecule has 0 bridgehead atoms. The summed E-state index contributed by atoms with van der Waals surface area (Å²) in [6.07, 6.45) is 1.82. The fraction of sp³-hybridized carbons (Fsp3) is 0.438. The van der Waals surface area contributed by atoms with Crippen molar-refractivity contribution in [1.29, 1.82) is 0 Å². The number of nitrogens with zero attached hydrogens (tertiary/aromatic N) is 3. The zero-order chi connectivity index (χ0) is 20.6. The summed E-state index contributed by atoms with van der Waals surface area (Å²) in [7, 11) is -2.44. The molecule has 0 aliphatic carbocycles. The molecule has 0 spiro atoms. The van der Waals surface area contributed by atoms with Crippen LogP contribution in [0.1, 0.15) is 12.8 Å². The highest BCUT2D eigenvalue weighted by atomic mass is 32.2. The van der Waals surface area contributed by atoms with E-state index in [0.29, 0.717) is 18.9 Å². The summed E-state index contributed by atoms with van der Waals surface area (Å²) in [6.45, 7) is -0.231. The lowest BCUT2D eigenvalue weighted by Gasteiger charge is -2.18. The van der Waals surface area contributed by atoms with E-state index in [4.69, 9.17) is 0 Å². The van der Waals surface area contributed by atoms with Crippen molar-refractivity contribution in [2.45, 2.75) is 25.4 Å². The first-order valence-electron chi connectivity index (χ1n) is 8.22. The van der Waals surface area contributed by atoms with E-state index in [1.165, 1.54) is 0 Å². The van der Waals surface area contributed by atoms with E-state index in [9.17, 15) is 26.8 Å². The summed E-state index contributed by atoms with van der Waals surface area (Å²) in [5.74, 6) is -3.17. The van der Waals surface area contributed by atoms with Crippen LogP contribution < -0.4 is 4.80 Å². The van der Waals surface area contributed by atoms with Crippen molar-refractivity contribution < 1.29 is 31.5 Å². The smallest absolute Gasteiger partial charge is 0.325 e. The number of thiazole rings is 1. The highest BCUT2D eigenvalue weighted by Gasteiger charge is 2.36. The van der Waals surface area contributed by atoms with Gasteiger partial charge in [-0.2, -0.15) is 9.30 Å². The fourth-order valence-corrected chi connectivity index (χ4v) is 5.30. The van der Waals surface area contributed by atoms with Crippen molar-refractivity contribution in [2.24, 2.45) is 4.99 Å². The number of carbonyl (C=O) groups excluding carboxylic acids is 2. The minimum atomic E-state index is -3.59. The summed E-state index contributed by atoms with van der Waals surface area (Å²) in [6, 6.07) is 0.767. The number of carbonyl (C=O) groups is 2. The molecule has 0 radical (unpaired) electrons. The third-order valence-corrected chi connectivity index (χ3v) is 6.65. The van der Waals surface area contributed by atoms with E-state index in [0.717, 1.165) is 39.6 Å². The Morgan fingerprint density at radius 2 is 2.07 bits per heavy atom. The Balaban J connectivity index is 2.13. The Labute approximate surface area is 163 Å². The van der Waals surface area contributed by atoms with Crippen molar-refractivity contribution in [1.82, 2.24) is 8.87 Å². The molecule has 3 rings (SSSR count). The number of rotatable bonds is 4. The molecule has 8 nitrogen and oxygen atoms in total. The SMILES string of the molecule is COC(=O)Cn1c(=NC(=O)C2CCCN2S(C)(=O)=O)sc2cc(F)cc(F)c21. The van der Waals surface area contributed by atoms with Gasteiger partial charge in [-0.25, -0.2) is 17.2 Å². The van der Waals surface area contributed by atoms with Gasteiger partial charge in [-0.05, 0) is 18.9 Å². The molecular weight excluding hydrogens is 416 g/mol. The number of fused-ring (bicyclic) bond motifs is 1. The van der Waals surface area contributed by atoms with Crippen LogP contribution in [0.25, 0.3) is 10.2 Å². The van der Waals surface area contributed by atoms with E-state index >= 15 is 0 Å².